The van der Waals surface area contributed by atoms with Crippen molar-refractivity contribution >= 4 is 39.9 Å². The molecule has 8 nitrogen and oxygen atoms in total. The highest BCUT2D eigenvalue weighted by molar-refractivity contribution is 6.31. The zero-order valence-electron chi connectivity index (χ0n) is 17.5. The van der Waals surface area contributed by atoms with Gasteiger partial charge in [0, 0.05) is 40.0 Å². The van der Waals surface area contributed by atoms with Gasteiger partial charge in [0.25, 0.3) is 0 Å². The largest absolute Gasteiger partial charge is 0.494 e. The lowest BCUT2D eigenvalue weighted by atomic mass is 10.1. The highest BCUT2D eigenvalue weighted by Crippen LogP contribution is 2.34. The molecule has 0 radical (unpaired) electrons. The van der Waals surface area contributed by atoms with Crippen molar-refractivity contribution in [3.05, 3.63) is 59.2 Å². The standard InChI is InChI=1S/C23H23ClN4O4/c1-31-20-11-27-23(19-10-15(24)5-6-18(19)20)32-17-7-8-28(13-17)21(29)12-26-16-4-2-3-14(9-16)22(25)30/h2-6,9-11,17,26H,7-8,12-13H2,1H3,(H2,25,30)/t17-/m1/s1. The number of likely N-dealkylation sites (tertiary alicyclic amines) is 1. The first-order valence-electron chi connectivity index (χ1n) is 10.1. The minimum Gasteiger partial charge on any atom is -0.494 e. The van der Waals surface area contributed by atoms with E-state index in [0.717, 1.165) is 10.8 Å². The Balaban J connectivity index is 1.39. The molecule has 0 bridgehead atoms. The molecular formula is C23H23ClN4O4. The number of carbonyl (C=O) groups is 2. The van der Waals surface area contributed by atoms with Crippen LogP contribution in [0.4, 0.5) is 5.69 Å². The lowest BCUT2D eigenvalue weighted by Gasteiger charge is -2.18. The number of anilines is 1. The summed E-state index contributed by atoms with van der Waals surface area (Å²) in [7, 11) is 1.59. The van der Waals surface area contributed by atoms with Crippen LogP contribution < -0.4 is 20.5 Å². The lowest BCUT2D eigenvalue weighted by Crippen LogP contribution is -2.35. The second kappa shape index (κ2) is 9.32. The van der Waals surface area contributed by atoms with Crippen molar-refractivity contribution in [3.8, 4) is 11.6 Å². The van der Waals surface area contributed by atoms with E-state index in [1.54, 1.807) is 54.6 Å². The monoisotopic (exact) mass is 454 g/mol. The van der Waals surface area contributed by atoms with Crippen molar-refractivity contribution in [3.63, 3.8) is 0 Å². The molecule has 0 aliphatic carbocycles. The van der Waals surface area contributed by atoms with Gasteiger partial charge in [-0.3, -0.25) is 9.59 Å². The Hall–Kier alpha value is -3.52. The number of rotatable bonds is 7. The van der Waals surface area contributed by atoms with Crippen molar-refractivity contribution in [1.29, 1.82) is 0 Å². The Kier molecular flexibility index (Phi) is 6.32. The average Bonchev–Trinajstić information content (AvgIpc) is 3.26. The maximum atomic E-state index is 12.6. The molecule has 0 saturated carbocycles. The molecule has 0 unspecified atom stereocenters. The topological polar surface area (TPSA) is 107 Å². The number of primary amides is 1. The average molecular weight is 455 g/mol. The number of pyridine rings is 1. The predicted molar refractivity (Wildman–Crippen MR) is 122 cm³/mol. The maximum absolute atomic E-state index is 12.6. The quantitative estimate of drug-likeness (QED) is 0.568. The first-order chi connectivity index (χ1) is 15.4. The molecule has 1 saturated heterocycles. The summed E-state index contributed by atoms with van der Waals surface area (Å²) in [6, 6.07) is 12.2. The van der Waals surface area contributed by atoms with Gasteiger partial charge in [0.15, 0.2) is 0 Å². The van der Waals surface area contributed by atoms with E-state index < -0.39 is 5.91 Å². The molecule has 166 valence electrons. The summed E-state index contributed by atoms with van der Waals surface area (Å²) in [6.45, 7) is 1.15. The SMILES string of the molecule is COc1cnc(O[C@@H]2CCN(C(=O)CNc3cccc(C(N)=O)c3)C2)c2cc(Cl)ccc12. The molecule has 9 heteroatoms. The summed E-state index contributed by atoms with van der Waals surface area (Å²) in [5, 5.41) is 5.24. The van der Waals surface area contributed by atoms with E-state index in [1.807, 2.05) is 6.07 Å². The van der Waals surface area contributed by atoms with Crippen LogP contribution >= 0.6 is 11.6 Å². The smallest absolute Gasteiger partial charge is 0.248 e. The fourth-order valence-corrected chi connectivity index (χ4v) is 3.87. The zero-order chi connectivity index (χ0) is 22.7. The number of fused-ring (bicyclic) bond motifs is 1. The van der Waals surface area contributed by atoms with Crippen molar-refractivity contribution < 1.29 is 19.1 Å². The highest BCUT2D eigenvalue weighted by Gasteiger charge is 2.28. The van der Waals surface area contributed by atoms with Gasteiger partial charge in [0.05, 0.1) is 26.4 Å². The van der Waals surface area contributed by atoms with Gasteiger partial charge < -0.3 is 25.4 Å². The molecule has 2 aromatic carbocycles. The molecule has 2 amide bonds. The molecule has 32 heavy (non-hydrogen) atoms. The van der Waals surface area contributed by atoms with Crippen LogP contribution in [-0.2, 0) is 4.79 Å². The minimum absolute atomic E-state index is 0.0591. The number of methoxy groups -OCH3 is 1. The number of amides is 2. The molecule has 3 N–H and O–H groups in total. The Morgan fingerprint density at radius 1 is 1.25 bits per heavy atom. The maximum Gasteiger partial charge on any atom is 0.248 e. The second-order valence-corrected chi connectivity index (χ2v) is 7.92. The van der Waals surface area contributed by atoms with Crippen molar-refractivity contribution in [2.75, 3.05) is 32.1 Å². The van der Waals surface area contributed by atoms with Crippen molar-refractivity contribution in [2.45, 2.75) is 12.5 Å². The van der Waals surface area contributed by atoms with Crippen molar-refractivity contribution in [2.24, 2.45) is 5.73 Å². The van der Waals surface area contributed by atoms with Gasteiger partial charge in [-0.25, -0.2) is 4.98 Å². The number of nitrogens with two attached hydrogens (primary N) is 1. The molecule has 1 aliphatic heterocycles. The van der Waals surface area contributed by atoms with Crippen LogP contribution in [-0.4, -0.2) is 54.5 Å². The lowest BCUT2D eigenvalue weighted by molar-refractivity contribution is -0.128. The number of aromatic nitrogens is 1. The molecule has 1 aromatic heterocycles. The van der Waals surface area contributed by atoms with Crippen LogP contribution in [0.5, 0.6) is 11.6 Å². The first kappa shape index (κ1) is 21.7. The van der Waals surface area contributed by atoms with Gasteiger partial charge in [-0.05, 0) is 36.4 Å². The zero-order valence-corrected chi connectivity index (χ0v) is 18.3. The molecule has 1 fully saturated rings. The number of hydrogen-bond acceptors (Lipinski definition) is 6. The van der Waals surface area contributed by atoms with Gasteiger partial charge in [0.1, 0.15) is 11.9 Å². The number of nitrogens with zero attached hydrogens (tertiary/aromatic N) is 2. The second-order valence-electron chi connectivity index (χ2n) is 7.49. The van der Waals surface area contributed by atoms with E-state index in [-0.39, 0.29) is 18.6 Å². The van der Waals surface area contributed by atoms with E-state index in [9.17, 15) is 9.59 Å². The minimum atomic E-state index is -0.513. The molecule has 4 rings (SSSR count). The third kappa shape index (κ3) is 4.70. The van der Waals surface area contributed by atoms with Crippen LogP contribution in [0.2, 0.25) is 5.02 Å². The summed E-state index contributed by atoms with van der Waals surface area (Å²) in [6.07, 6.45) is 2.13. The van der Waals surface area contributed by atoms with E-state index in [2.05, 4.69) is 10.3 Å². The van der Waals surface area contributed by atoms with Gasteiger partial charge in [-0.2, -0.15) is 0 Å². The van der Waals surface area contributed by atoms with E-state index >= 15 is 0 Å². The molecule has 1 atom stereocenters. The summed E-state index contributed by atoms with van der Waals surface area (Å²) >= 11 is 6.17. The summed E-state index contributed by atoms with van der Waals surface area (Å²) in [5.74, 6) is 0.527. The van der Waals surface area contributed by atoms with Gasteiger partial charge >= 0.3 is 0 Å². The Morgan fingerprint density at radius 3 is 2.88 bits per heavy atom. The summed E-state index contributed by atoms with van der Waals surface area (Å²) in [4.78, 5) is 30.1. The fourth-order valence-electron chi connectivity index (χ4n) is 3.70. The molecule has 3 aromatic rings. The predicted octanol–water partition coefficient (Wildman–Crippen LogP) is 3.09. The van der Waals surface area contributed by atoms with Crippen LogP contribution in [0.15, 0.2) is 48.7 Å². The van der Waals surface area contributed by atoms with Crippen LogP contribution in [0.1, 0.15) is 16.8 Å². The third-order valence-electron chi connectivity index (χ3n) is 5.36. The summed E-state index contributed by atoms with van der Waals surface area (Å²) < 4.78 is 11.5. The van der Waals surface area contributed by atoms with E-state index in [1.165, 1.54) is 0 Å². The molecular weight excluding hydrogens is 432 g/mol. The summed E-state index contributed by atoms with van der Waals surface area (Å²) in [5.41, 5.74) is 6.35. The van der Waals surface area contributed by atoms with Gasteiger partial charge in [-0.15, -0.1) is 0 Å². The normalized spacial score (nSPS) is 15.6. The molecule has 2 heterocycles. The van der Waals surface area contributed by atoms with Crippen molar-refractivity contribution in [1.82, 2.24) is 9.88 Å². The number of hydrogen-bond donors (Lipinski definition) is 2. The van der Waals surface area contributed by atoms with E-state index in [0.29, 0.717) is 47.4 Å². The fraction of sp³-hybridized carbons (Fsp3) is 0.261. The van der Waals surface area contributed by atoms with Crippen LogP contribution in [0, 0.1) is 0 Å². The Morgan fingerprint density at radius 2 is 2.09 bits per heavy atom. The third-order valence-corrected chi connectivity index (χ3v) is 5.60. The molecule has 1 aliphatic rings. The number of carbonyl (C=O) groups excluding carboxylic acids is 2. The van der Waals surface area contributed by atoms with Gasteiger partial charge in [0.2, 0.25) is 17.7 Å². The Labute approximate surface area is 190 Å². The number of benzene rings is 2. The Bertz CT molecular complexity index is 1170. The first-order valence-corrected chi connectivity index (χ1v) is 10.5. The van der Waals surface area contributed by atoms with Crippen LogP contribution in [0.3, 0.4) is 0 Å². The van der Waals surface area contributed by atoms with Gasteiger partial charge in [-0.1, -0.05) is 17.7 Å². The highest BCUT2D eigenvalue weighted by atomic mass is 35.5. The molecule has 0 spiro atoms. The number of nitrogens with one attached hydrogen (secondary N) is 1. The van der Waals surface area contributed by atoms with E-state index in [4.69, 9.17) is 26.8 Å². The number of halogens is 1. The number of ether oxygens (including phenoxy) is 2. The van der Waals surface area contributed by atoms with Crippen LogP contribution in [0.25, 0.3) is 10.8 Å².